The van der Waals surface area contributed by atoms with Crippen LogP contribution < -0.4 is 10.6 Å². The van der Waals surface area contributed by atoms with Crippen molar-refractivity contribution < 1.29 is 0 Å². The zero-order chi connectivity index (χ0) is 43.7. The van der Waals surface area contributed by atoms with E-state index in [9.17, 15) is 0 Å². The second-order valence-electron chi connectivity index (χ2n) is 19.4. The highest BCUT2D eigenvalue weighted by molar-refractivity contribution is 6.16. The van der Waals surface area contributed by atoms with Crippen molar-refractivity contribution in [2.45, 2.75) is 79.6 Å². The summed E-state index contributed by atoms with van der Waals surface area (Å²) in [6.07, 6.45) is 7.89. The van der Waals surface area contributed by atoms with Crippen LogP contribution in [0.2, 0.25) is 0 Å². The first kappa shape index (κ1) is 39.0. The summed E-state index contributed by atoms with van der Waals surface area (Å²) < 4.78 is 0. The van der Waals surface area contributed by atoms with Gasteiger partial charge in [-0.1, -0.05) is 33.6 Å². The third kappa shape index (κ3) is 6.61. The molecule has 0 fully saturated rings. The number of aromatic nitrogens is 6. The second-order valence-corrected chi connectivity index (χ2v) is 19.4. The van der Waals surface area contributed by atoms with E-state index >= 15 is 0 Å². The number of allylic oxidation sites excluding steroid dienone is 1. The van der Waals surface area contributed by atoms with Gasteiger partial charge in [-0.3, -0.25) is 0 Å². The predicted molar refractivity (Wildman–Crippen MR) is 259 cm³/mol. The molecular formula is C51H49N13. The molecule has 0 radical (unpaired) electrons. The largest absolute Gasteiger partial charge is 0.242 e. The van der Waals surface area contributed by atoms with Crippen LogP contribution in [0.15, 0.2) is 83.6 Å². The average Bonchev–Trinajstić information content (AvgIpc) is 3.25. The standard InChI is InChI=1S/C27H33N7.C24H16N6/c1-12-5-16-7-18-9-20-11-21-10-19-8-17-6-13(2)15(4)29-23(17)31-25(19)33-27(21)34-26(20)32-24(18)30-22(16)28-14(12)3;1-11-5-15-7-17-9-19-10-18-8-16-6-12(2)14(4)26-21(16)28-23(18)30-24(19)29-22(17)27-20(15)25-13(11)3/h12-13,16-21H,3,5-11H2,1-2,4H3;5-10H,1,3H2,2,4H3. The Morgan fingerprint density at radius 2 is 0.750 bits per heavy atom. The Morgan fingerprint density at radius 1 is 0.391 bits per heavy atom. The predicted octanol–water partition coefficient (Wildman–Crippen LogP) is 8.41. The third-order valence-corrected chi connectivity index (χ3v) is 14.8. The van der Waals surface area contributed by atoms with Gasteiger partial charge < -0.3 is 0 Å². The maximum Gasteiger partial charge on any atom is 0.164 e. The highest BCUT2D eigenvalue weighted by Gasteiger charge is 2.45. The minimum absolute atomic E-state index is 0.425. The van der Waals surface area contributed by atoms with Gasteiger partial charge in [-0.15, -0.1) is 0 Å². The topological polar surface area (TPSA) is 164 Å². The van der Waals surface area contributed by atoms with Crippen molar-refractivity contribution >= 4 is 109 Å². The number of hydrogen-bond donors (Lipinski definition) is 0. The molecular weight excluding hydrogens is 795 g/mol. The number of amidine groups is 6. The van der Waals surface area contributed by atoms with Crippen LogP contribution in [-0.4, -0.2) is 70.6 Å². The summed E-state index contributed by atoms with van der Waals surface area (Å²) in [6.45, 7) is 22.7. The molecule has 0 aliphatic carbocycles. The highest BCUT2D eigenvalue weighted by Crippen LogP contribution is 2.45. The van der Waals surface area contributed by atoms with Gasteiger partial charge >= 0.3 is 0 Å². The number of aliphatic imine (C=N–C) groups is 7. The van der Waals surface area contributed by atoms with E-state index in [0.717, 1.165) is 123 Å². The first-order valence-electron chi connectivity index (χ1n) is 22.8. The van der Waals surface area contributed by atoms with Crippen molar-refractivity contribution in [3.8, 4) is 0 Å². The van der Waals surface area contributed by atoms with Crippen LogP contribution >= 0.6 is 0 Å². The SMILES string of the molecule is C=C1N=C2N=C3N=C4N=C5N=C6N=C7N=C(C)C(C)CC7CC6CC5CC4CC3CC2CC1C.C=c1cc2cc3cc4cc5cc6cc(C)c(C)nc6nc5nc4nc3nc2nc1=C. The smallest absolute Gasteiger partial charge is 0.164 e. The van der Waals surface area contributed by atoms with Gasteiger partial charge in [0.15, 0.2) is 28.2 Å². The Balaban J connectivity index is 0.000000136. The summed E-state index contributed by atoms with van der Waals surface area (Å²) in [5.41, 5.74) is 7.38. The van der Waals surface area contributed by atoms with Crippen molar-refractivity contribution in [2.24, 2.45) is 82.3 Å². The molecule has 6 aromatic heterocycles. The fourth-order valence-electron chi connectivity index (χ4n) is 10.9. The maximum atomic E-state index is 5.01. The third-order valence-electron chi connectivity index (χ3n) is 14.8. The van der Waals surface area contributed by atoms with E-state index in [4.69, 9.17) is 39.9 Å². The van der Waals surface area contributed by atoms with Crippen molar-refractivity contribution in [2.75, 3.05) is 0 Å². The Labute approximate surface area is 370 Å². The van der Waals surface area contributed by atoms with E-state index in [-0.39, 0.29) is 0 Å². The Morgan fingerprint density at radius 3 is 1.23 bits per heavy atom. The van der Waals surface area contributed by atoms with Gasteiger partial charge in [-0.25, -0.2) is 64.9 Å². The number of pyridine rings is 6. The summed E-state index contributed by atoms with van der Waals surface area (Å²) in [4.78, 5) is 62.1. The average molecular weight is 844 g/mol. The lowest BCUT2D eigenvalue weighted by atomic mass is 9.71. The van der Waals surface area contributed by atoms with E-state index in [1.165, 1.54) is 12.1 Å². The zero-order valence-corrected chi connectivity index (χ0v) is 37.0. The van der Waals surface area contributed by atoms with E-state index in [2.05, 4.69) is 96.6 Å². The number of nitrogens with zero attached hydrogens (tertiary/aromatic N) is 13. The van der Waals surface area contributed by atoms with Crippen LogP contribution in [0, 0.1) is 61.2 Å². The molecule has 7 aliphatic heterocycles. The summed E-state index contributed by atoms with van der Waals surface area (Å²) in [7, 11) is 0. The molecule has 0 aromatic carbocycles. The summed E-state index contributed by atoms with van der Waals surface area (Å²) in [6, 6.07) is 12.3. The molecule has 318 valence electrons. The number of aryl methyl sites for hydroxylation is 2. The molecule has 64 heavy (non-hydrogen) atoms. The Bertz CT molecular complexity index is 3320. The molecule has 0 spiro atoms. The summed E-state index contributed by atoms with van der Waals surface area (Å²) in [5.74, 6) is 9.33. The molecule has 0 saturated carbocycles. The van der Waals surface area contributed by atoms with Crippen molar-refractivity contribution in [1.29, 1.82) is 0 Å². The van der Waals surface area contributed by atoms with Crippen molar-refractivity contribution in [3.63, 3.8) is 0 Å². The van der Waals surface area contributed by atoms with Crippen LogP contribution in [0.4, 0.5) is 0 Å². The molecule has 6 aromatic rings. The molecule has 0 amide bonds. The fraction of sp³-hybridized carbons (Fsp3) is 0.392. The Hall–Kier alpha value is -6.63. The van der Waals surface area contributed by atoms with Gasteiger partial charge in [-0.2, -0.15) is 0 Å². The lowest BCUT2D eigenvalue weighted by molar-refractivity contribution is 0.337. The molecule has 13 nitrogen and oxygen atoms in total. The summed E-state index contributed by atoms with van der Waals surface area (Å²) >= 11 is 0. The molecule has 8 atom stereocenters. The van der Waals surface area contributed by atoms with Gasteiger partial charge in [-0.05, 0) is 125 Å². The Kier molecular flexibility index (Phi) is 8.80. The minimum Gasteiger partial charge on any atom is -0.242 e. The molecule has 0 bridgehead atoms. The monoisotopic (exact) mass is 843 g/mol. The van der Waals surface area contributed by atoms with E-state index < -0.39 is 0 Å². The lowest BCUT2D eigenvalue weighted by Crippen LogP contribution is -2.43. The lowest BCUT2D eigenvalue weighted by Gasteiger charge is -2.41. The van der Waals surface area contributed by atoms with Crippen LogP contribution in [0.25, 0.3) is 68.3 Å². The van der Waals surface area contributed by atoms with E-state index in [1.54, 1.807) is 0 Å². The first-order chi connectivity index (χ1) is 30.8. The molecule has 13 heterocycles. The number of rotatable bonds is 0. The molecule has 8 unspecified atom stereocenters. The molecule has 7 aliphatic rings. The van der Waals surface area contributed by atoms with E-state index in [1.807, 2.05) is 19.1 Å². The maximum absolute atomic E-state index is 5.01. The van der Waals surface area contributed by atoms with Crippen molar-refractivity contribution in [3.05, 3.63) is 70.5 Å². The van der Waals surface area contributed by atoms with Gasteiger partial charge in [0.25, 0.3) is 0 Å². The molecule has 0 N–H and O–H groups in total. The quantitative estimate of drug-likeness (QED) is 0.139. The summed E-state index contributed by atoms with van der Waals surface area (Å²) in [5, 5.41) is 6.15. The number of hydrogen-bond acceptors (Lipinski definition) is 13. The highest BCUT2D eigenvalue weighted by atomic mass is 15.1. The molecule has 13 rings (SSSR count). The van der Waals surface area contributed by atoms with Crippen LogP contribution in [0.1, 0.15) is 77.0 Å². The minimum atomic E-state index is 0.425. The van der Waals surface area contributed by atoms with Gasteiger partial charge in [0.2, 0.25) is 0 Å². The molecule has 13 heteroatoms. The van der Waals surface area contributed by atoms with Crippen LogP contribution in [0.3, 0.4) is 0 Å². The number of fused-ring (bicyclic) bond motifs is 11. The molecule has 0 saturated heterocycles. The second kappa shape index (κ2) is 14.4. The first-order valence-corrected chi connectivity index (χ1v) is 22.8. The van der Waals surface area contributed by atoms with E-state index in [0.29, 0.717) is 80.9 Å². The van der Waals surface area contributed by atoms with Crippen LogP contribution in [0.5, 0.6) is 0 Å². The van der Waals surface area contributed by atoms with Gasteiger partial charge in [0, 0.05) is 79.5 Å². The fourth-order valence-corrected chi connectivity index (χ4v) is 10.9. The zero-order valence-electron chi connectivity index (χ0n) is 37.0. The van der Waals surface area contributed by atoms with Crippen LogP contribution in [-0.2, 0) is 0 Å². The van der Waals surface area contributed by atoms with Gasteiger partial charge in [0.05, 0.1) is 5.35 Å². The van der Waals surface area contributed by atoms with Gasteiger partial charge in [0.1, 0.15) is 35.0 Å². The normalized spacial score (nSPS) is 28.1. The van der Waals surface area contributed by atoms with Crippen molar-refractivity contribution in [1.82, 2.24) is 29.9 Å².